The first kappa shape index (κ1) is 12.6. The summed E-state index contributed by atoms with van der Waals surface area (Å²) in [5.74, 6) is -1.08. The van der Waals surface area contributed by atoms with Gasteiger partial charge in [0.05, 0.1) is 12.1 Å². The van der Waals surface area contributed by atoms with Crippen LogP contribution in [0, 0.1) is 5.95 Å². The number of hydrogen-bond acceptors (Lipinski definition) is 3. The Morgan fingerprint density at radius 3 is 2.81 bits per heavy atom. The molecule has 0 aliphatic carbocycles. The first-order chi connectivity index (χ1) is 7.44. The standard InChI is InChI=1S/C11H15FN2O2/c1-11(2,7-16-3)14-10(15)8-5-4-6-9(12)13-8/h4-6H,7H2,1-3H3,(H,14,15). The molecule has 1 aromatic rings. The van der Waals surface area contributed by atoms with Gasteiger partial charge >= 0.3 is 0 Å². The molecule has 88 valence electrons. The number of nitrogens with zero attached hydrogens (tertiary/aromatic N) is 1. The average molecular weight is 226 g/mol. The molecule has 0 aliphatic rings. The van der Waals surface area contributed by atoms with Gasteiger partial charge in [0.15, 0.2) is 0 Å². The Hall–Kier alpha value is -1.49. The van der Waals surface area contributed by atoms with Crippen molar-refractivity contribution in [2.24, 2.45) is 0 Å². The Labute approximate surface area is 93.8 Å². The zero-order valence-corrected chi connectivity index (χ0v) is 9.58. The van der Waals surface area contributed by atoms with Crippen LogP contribution in [-0.2, 0) is 4.74 Å². The van der Waals surface area contributed by atoms with E-state index < -0.39 is 17.4 Å². The second-order valence-electron chi connectivity index (χ2n) is 4.12. The summed E-state index contributed by atoms with van der Waals surface area (Å²) < 4.78 is 17.8. The highest BCUT2D eigenvalue weighted by atomic mass is 19.1. The van der Waals surface area contributed by atoms with Crippen molar-refractivity contribution in [3.8, 4) is 0 Å². The van der Waals surface area contributed by atoms with Crippen molar-refractivity contribution in [2.75, 3.05) is 13.7 Å². The highest BCUT2D eigenvalue weighted by Crippen LogP contribution is 2.05. The maximum atomic E-state index is 12.8. The summed E-state index contributed by atoms with van der Waals surface area (Å²) in [6, 6.07) is 4.10. The van der Waals surface area contributed by atoms with Crippen LogP contribution in [0.2, 0.25) is 0 Å². The largest absolute Gasteiger partial charge is 0.382 e. The van der Waals surface area contributed by atoms with Crippen LogP contribution in [0.1, 0.15) is 24.3 Å². The third-order valence-electron chi connectivity index (χ3n) is 1.90. The molecule has 0 bridgehead atoms. The topological polar surface area (TPSA) is 51.2 Å². The molecule has 0 spiro atoms. The number of methoxy groups -OCH3 is 1. The fourth-order valence-corrected chi connectivity index (χ4v) is 1.30. The summed E-state index contributed by atoms with van der Waals surface area (Å²) >= 11 is 0. The molecule has 1 aromatic heterocycles. The molecule has 16 heavy (non-hydrogen) atoms. The highest BCUT2D eigenvalue weighted by Gasteiger charge is 2.21. The summed E-state index contributed by atoms with van der Waals surface area (Å²) in [4.78, 5) is 15.2. The van der Waals surface area contributed by atoms with Crippen LogP contribution in [-0.4, -0.2) is 30.1 Å². The number of hydrogen-bond donors (Lipinski definition) is 1. The third-order valence-corrected chi connectivity index (χ3v) is 1.90. The molecule has 0 fully saturated rings. The van der Waals surface area contributed by atoms with Gasteiger partial charge in [0.2, 0.25) is 5.95 Å². The number of aromatic nitrogens is 1. The van der Waals surface area contributed by atoms with E-state index in [9.17, 15) is 9.18 Å². The van der Waals surface area contributed by atoms with Crippen LogP contribution in [0.4, 0.5) is 4.39 Å². The number of ether oxygens (including phenoxy) is 1. The van der Waals surface area contributed by atoms with Crippen molar-refractivity contribution in [3.63, 3.8) is 0 Å². The zero-order chi connectivity index (χ0) is 12.2. The van der Waals surface area contributed by atoms with Crippen LogP contribution in [0.15, 0.2) is 18.2 Å². The maximum absolute atomic E-state index is 12.8. The van der Waals surface area contributed by atoms with Crippen molar-refractivity contribution < 1.29 is 13.9 Å². The summed E-state index contributed by atoms with van der Waals surface area (Å²) in [5.41, 5.74) is -0.455. The maximum Gasteiger partial charge on any atom is 0.270 e. The Balaban J connectivity index is 2.72. The number of rotatable bonds is 4. The second-order valence-corrected chi connectivity index (χ2v) is 4.12. The molecule has 0 atom stereocenters. The van der Waals surface area contributed by atoms with E-state index in [1.54, 1.807) is 7.11 Å². The van der Waals surface area contributed by atoms with Crippen LogP contribution in [0.5, 0.6) is 0 Å². The van der Waals surface area contributed by atoms with Crippen LogP contribution in [0.3, 0.4) is 0 Å². The molecule has 0 saturated heterocycles. The highest BCUT2D eigenvalue weighted by molar-refractivity contribution is 5.92. The molecular weight excluding hydrogens is 211 g/mol. The van der Waals surface area contributed by atoms with E-state index in [4.69, 9.17) is 4.74 Å². The quantitative estimate of drug-likeness (QED) is 0.789. The summed E-state index contributed by atoms with van der Waals surface area (Å²) in [7, 11) is 1.55. The third kappa shape index (κ3) is 3.58. The summed E-state index contributed by atoms with van der Waals surface area (Å²) in [5, 5.41) is 2.71. The van der Waals surface area contributed by atoms with Gasteiger partial charge in [-0.2, -0.15) is 4.39 Å². The van der Waals surface area contributed by atoms with Crippen molar-refractivity contribution in [1.29, 1.82) is 0 Å². The van der Waals surface area contributed by atoms with Gasteiger partial charge in [0, 0.05) is 7.11 Å². The van der Waals surface area contributed by atoms with Gasteiger partial charge in [-0.25, -0.2) is 4.98 Å². The molecule has 4 nitrogen and oxygen atoms in total. The monoisotopic (exact) mass is 226 g/mol. The minimum atomic E-state index is -0.669. The van der Waals surface area contributed by atoms with Crippen molar-refractivity contribution in [3.05, 3.63) is 29.8 Å². The number of nitrogens with one attached hydrogen (secondary N) is 1. The fourth-order valence-electron chi connectivity index (χ4n) is 1.30. The Kier molecular flexibility index (Phi) is 3.95. The van der Waals surface area contributed by atoms with Gasteiger partial charge in [0.25, 0.3) is 5.91 Å². The first-order valence-electron chi connectivity index (χ1n) is 4.88. The number of amides is 1. The van der Waals surface area contributed by atoms with Crippen molar-refractivity contribution in [2.45, 2.75) is 19.4 Å². The molecule has 0 saturated carbocycles. The Morgan fingerprint density at radius 2 is 2.25 bits per heavy atom. The van der Waals surface area contributed by atoms with Crippen molar-refractivity contribution in [1.82, 2.24) is 10.3 Å². The SMILES string of the molecule is COCC(C)(C)NC(=O)c1cccc(F)n1. The van der Waals surface area contributed by atoms with Crippen molar-refractivity contribution >= 4 is 5.91 Å². The first-order valence-corrected chi connectivity index (χ1v) is 4.88. The zero-order valence-electron chi connectivity index (χ0n) is 9.58. The van der Waals surface area contributed by atoms with Crippen LogP contribution in [0.25, 0.3) is 0 Å². The summed E-state index contributed by atoms with van der Waals surface area (Å²) in [6.07, 6.45) is 0. The van der Waals surface area contributed by atoms with Gasteiger partial charge in [-0.3, -0.25) is 4.79 Å². The predicted molar refractivity (Wildman–Crippen MR) is 57.6 cm³/mol. The number of carbonyl (C=O) groups excluding carboxylic acids is 1. The molecule has 0 unspecified atom stereocenters. The van der Waals surface area contributed by atoms with Gasteiger partial charge in [0.1, 0.15) is 5.69 Å². The van der Waals surface area contributed by atoms with Gasteiger partial charge in [-0.1, -0.05) is 6.07 Å². The molecule has 0 aromatic carbocycles. The molecule has 0 radical (unpaired) electrons. The van der Waals surface area contributed by atoms with Gasteiger partial charge in [-0.15, -0.1) is 0 Å². The van der Waals surface area contributed by atoms with E-state index in [1.165, 1.54) is 18.2 Å². The normalized spacial score (nSPS) is 11.2. The van der Waals surface area contributed by atoms with Crippen LogP contribution < -0.4 is 5.32 Å². The molecule has 1 heterocycles. The van der Waals surface area contributed by atoms with E-state index in [1.807, 2.05) is 13.8 Å². The predicted octanol–water partition coefficient (Wildman–Crippen LogP) is 1.38. The summed E-state index contributed by atoms with van der Waals surface area (Å²) in [6.45, 7) is 4.00. The average Bonchev–Trinajstić information content (AvgIpc) is 2.16. The van der Waals surface area contributed by atoms with Crippen LogP contribution >= 0.6 is 0 Å². The Morgan fingerprint density at radius 1 is 1.56 bits per heavy atom. The lowest BCUT2D eigenvalue weighted by atomic mass is 10.1. The number of halogens is 1. The van der Waals surface area contributed by atoms with E-state index in [0.717, 1.165) is 0 Å². The van der Waals surface area contributed by atoms with Gasteiger partial charge < -0.3 is 10.1 Å². The van der Waals surface area contributed by atoms with E-state index in [0.29, 0.717) is 6.61 Å². The number of carbonyl (C=O) groups is 1. The lowest BCUT2D eigenvalue weighted by molar-refractivity contribution is 0.0814. The lowest BCUT2D eigenvalue weighted by Gasteiger charge is -2.24. The second kappa shape index (κ2) is 5.03. The van der Waals surface area contributed by atoms with E-state index in [-0.39, 0.29) is 5.69 Å². The molecular formula is C11H15FN2O2. The lowest BCUT2D eigenvalue weighted by Crippen LogP contribution is -2.47. The molecule has 1 amide bonds. The molecule has 1 rings (SSSR count). The minimum Gasteiger partial charge on any atom is -0.382 e. The fraction of sp³-hybridized carbons (Fsp3) is 0.455. The smallest absolute Gasteiger partial charge is 0.270 e. The minimum absolute atomic E-state index is 0.0594. The Bertz CT molecular complexity index is 380. The van der Waals surface area contributed by atoms with E-state index >= 15 is 0 Å². The molecule has 1 N–H and O–H groups in total. The van der Waals surface area contributed by atoms with E-state index in [2.05, 4.69) is 10.3 Å². The van der Waals surface area contributed by atoms with Gasteiger partial charge in [-0.05, 0) is 26.0 Å². The molecule has 0 aliphatic heterocycles. The molecule has 5 heteroatoms. The number of pyridine rings is 1.